The molecule has 1 saturated heterocycles. The molecule has 1 aliphatic heterocycles. The average molecular weight is 311 g/mol. The number of nitrogens with one attached hydrogen (secondary N) is 1. The van der Waals surface area contributed by atoms with Crippen LogP contribution in [0.1, 0.15) is 42.4 Å². The highest BCUT2D eigenvalue weighted by Gasteiger charge is 2.40. The minimum absolute atomic E-state index is 0.0350. The Balaban J connectivity index is 1.95. The molecular weight excluding hydrogens is 289 g/mol. The number of rotatable bonds is 3. The molecule has 1 N–H and O–H groups in total. The largest absolute Gasteiger partial charge is 0.355 e. The van der Waals surface area contributed by atoms with Crippen LogP contribution in [0.3, 0.4) is 0 Å². The number of hydrogen-bond acceptors (Lipinski definition) is 1. The van der Waals surface area contributed by atoms with Gasteiger partial charge in [-0.25, -0.2) is 4.39 Å². The van der Waals surface area contributed by atoms with Crippen LogP contribution < -0.4 is 5.32 Å². The summed E-state index contributed by atoms with van der Waals surface area (Å²) in [6, 6.07) is 14.9. The van der Waals surface area contributed by atoms with E-state index < -0.39 is 0 Å². The minimum atomic E-state index is -0.273. The molecule has 0 spiro atoms. The molecule has 1 fully saturated rings. The van der Waals surface area contributed by atoms with E-state index in [1.54, 1.807) is 12.1 Å². The first-order valence-corrected chi connectivity index (χ1v) is 8.14. The Labute approximate surface area is 136 Å². The van der Waals surface area contributed by atoms with E-state index in [4.69, 9.17) is 0 Å². The van der Waals surface area contributed by atoms with E-state index in [0.29, 0.717) is 6.54 Å². The van der Waals surface area contributed by atoms with Gasteiger partial charge in [0.2, 0.25) is 5.91 Å². The third-order valence-corrected chi connectivity index (χ3v) is 5.13. The van der Waals surface area contributed by atoms with Crippen molar-refractivity contribution in [2.75, 3.05) is 6.54 Å². The molecule has 2 atom stereocenters. The fourth-order valence-electron chi connectivity index (χ4n) is 3.50. The predicted octanol–water partition coefficient (Wildman–Crippen LogP) is 4.09. The highest BCUT2D eigenvalue weighted by Crippen LogP contribution is 2.40. The van der Waals surface area contributed by atoms with Crippen molar-refractivity contribution >= 4 is 5.91 Å². The molecule has 2 aromatic carbocycles. The van der Waals surface area contributed by atoms with Crippen molar-refractivity contribution in [3.63, 3.8) is 0 Å². The molecule has 1 amide bonds. The second kappa shape index (κ2) is 6.15. The normalized spacial score (nSPS) is 24.3. The summed E-state index contributed by atoms with van der Waals surface area (Å²) in [6.45, 7) is 4.90. The van der Waals surface area contributed by atoms with Gasteiger partial charge in [-0.3, -0.25) is 4.79 Å². The summed E-state index contributed by atoms with van der Waals surface area (Å²) in [6.07, 6.45) is 1.71. The number of aryl methyl sites for hydroxylation is 1. The summed E-state index contributed by atoms with van der Waals surface area (Å²) < 4.78 is 13.2. The zero-order valence-electron chi connectivity index (χ0n) is 13.6. The van der Waals surface area contributed by atoms with Gasteiger partial charge in [-0.1, -0.05) is 48.9 Å². The maximum absolute atomic E-state index is 13.2. The Hall–Kier alpha value is -2.16. The average Bonchev–Trinajstić information content (AvgIpc) is 2.57. The Morgan fingerprint density at radius 1 is 1.13 bits per heavy atom. The number of halogens is 1. The molecule has 2 nitrogen and oxygen atoms in total. The van der Waals surface area contributed by atoms with Gasteiger partial charge >= 0.3 is 0 Å². The lowest BCUT2D eigenvalue weighted by atomic mass is 9.68. The van der Waals surface area contributed by atoms with Crippen molar-refractivity contribution in [1.82, 2.24) is 5.32 Å². The molecular formula is C20H22FNO. The highest BCUT2D eigenvalue weighted by molar-refractivity contribution is 5.85. The van der Waals surface area contributed by atoms with Gasteiger partial charge in [0, 0.05) is 12.0 Å². The van der Waals surface area contributed by atoms with Crippen molar-refractivity contribution in [1.29, 1.82) is 0 Å². The second-order valence-electron chi connectivity index (χ2n) is 6.53. The van der Waals surface area contributed by atoms with Crippen molar-refractivity contribution in [2.45, 2.75) is 38.0 Å². The highest BCUT2D eigenvalue weighted by atomic mass is 19.1. The Morgan fingerprint density at radius 2 is 1.78 bits per heavy atom. The van der Waals surface area contributed by atoms with E-state index in [1.807, 2.05) is 0 Å². The lowest BCUT2D eigenvalue weighted by Gasteiger charge is -2.41. The third-order valence-electron chi connectivity index (χ3n) is 5.13. The predicted molar refractivity (Wildman–Crippen MR) is 89.9 cm³/mol. The summed E-state index contributed by atoms with van der Waals surface area (Å²) in [5, 5.41) is 3.07. The molecule has 3 heteroatoms. The lowest BCUT2D eigenvalue weighted by molar-refractivity contribution is -0.125. The van der Waals surface area contributed by atoms with Gasteiger partial charge < -0.3 is 5.32 Å². The van der Waals surface area contributed by atoms with Gasteiger partial charge in [-0.2, -0.15) is 0 Å². The van der Waals surface area contributed by atoms with Crippen molar-refractivity contribution in [2.24, 2.45) is 0 Å². The molecule has 0 saturated carbocycles. The van der Waals surface area contributed by atoms with E-state index in [9.17, 15) is 9.18 Å². The van der Waals surface area contributed by atoms with Crippen LogP contribution in [0.15, 0.2) is 48.5 Å². The van der Waals surface area contributed by atoms with Crippen LogP contribution in [0.25, 0.3) is 0 Å². The molecule has 0 radical (unpaired) electrons. The van der Waals surface area contributed by atoms with Crippen LogP contribution in [0, 0.1) is 12.7 Å². The first-order chi connectivity index (χ1) is 11.0. The lowest BCUT2D eigenvalue weighted by Crippen LogP contribution is -2.49. The van der Waals surface area contributed by atoms with Crippen LogP contribution in [0.5, 0.6) is 0 Å². The van der Waals surface area contributed by atoms with E-state index in [1.165, 1.54) is 23.3 Å². The quantitative estimate of drug-likeness (QED) is 0.909. The van der Waals surface area contributed by atoms with Gasteiger partial charge in [0.1, 0.15) is 5.82 Å². The number of hydrogen-bond donors (Lipinski definition) is 1. The van der Waals surface area contributed by atoms with Gasteiger partial charge in [-0.05, 0) is 43.0 Å². The van der Waals surface area contributed by atoms with Crippen LogP contribution >= 0.6 is 0 Å². The Bertz CT molecular complexity index is 693. The maximum Gasteiger partial charge on any atom is 0.227 e. The summed E-state index contributed by atoms with van der Waals surface area (Å²) in [4.78, 5) is 12.4. The number of benzene rings is 2. The summed E-state index contributed by atoms with van der Waals surface area (Å²) in [5.41, 5.74) is 3.31. The van der Waals surface area contributed by atoms with E-state index in [2.05, 4.69) is 43.4 Å². The summed E-state index contributed by atoms with van der Waals surface area (Å²) in [5.74, 6) is -0.469. The first-order valence-electron chi connectivity index (χ1n) is 8.14. The van der Waals surface area contributed by atoms with Gasteiger partial charge in [0.15, 0.2) is 0 Å². The topological polar surface area (TPSA) is 29.1 Å². The number of amides is 1. The first kappa shape index (κ1) is 15.7. The second-order valence-corrected chi connectivity index (χ2v) is 6.53. The molecule has 0 aliphatic carbocycles. The number of carbonyl (C=O) groups excluding carboxylic acids is 1. The van der Waals surface area contributed by atoms with E-state index in [0.717, 1.165) is 18.4 Å². The maximum atomic E-state index is 13.2. The molecule has 1 heterocycles. The standard InChI is InChI=1S/C20H22FNO/c1-3-20(16-8-4-14(2)5-9-16)12-18(19(23)22-13-20)15-6-10-17(21)11-7-15/h4-11,18H,3,12-13H2,1-2H3,(H,22,23)/t18-,20+/m1/s1. The molecule has 0 bridgehead atoms. The smallest absolute Gasteiger partial charge is 0.227 e. The van der Waals surface area contributed by atoms with Gasteiger partial charge in [0.25, 0.3) is 0 Å². The molecule has 1 aliphatic rings. The Morgan fingerprint density at radius 3 is 2.39 bits per heavy atom. The molecule has 0 aromatic heterocycles. The zero-order valence-corrected chi connectivity index (χ0v) is 13.6. The SMILES string of the molecule is CC[C@@]1(c2ccc(C)cc2)CNC(=O)[C@@H](c2ccc(F)cc2)C1. The van der Waals surface area contributed by atoms with Crippen molar-refractivity contribution < 1.29 is 9.18 Å². The molecule has 23 heavy (non-hydrogen) atoms. The summed E-state index contributed by atoms with van der Waals surface area (Å²) >= 11 is 0. The fourth-order valence-corrected chi connectivity index (χ4v) is 3.50. The van der Waals surface area contributed by atoms with Crippen LogP contribution in [-0.4, -0.2) is 12.5 Å². The summed E-state index contributed by atoms with van der Waals surface area (Å²) in [7, 11) is 0. The van der Waals surface area contributed by atoms with Crippen molar-refractivity contribution in [3.8, 4) is 0 Å². The molecule has 120 valence electrons. The van der Waals surface area contributed by atoms with E-state index >= 15 is 0 Å². The monoisotopic (exact) mass is 311 g/mol. The van der Waals surface area contributed by atoms with Gasteiger partial charge in [0.05, 0.1) is 5.92 Å². The van der Waals surface area contributed by atoms with E-state index in [-0.39, 0.29) is 23.1 Å². The number of carbonyl (C=O) groups is 1. The Kier molecular flexibility index (Phi) is 4.20. The zero-order chi connectivity index (χ0) is 16.4. The number of piperidine rings is 1. The van der Waals surface area contributed by atoms with Crippen LogP contribution in [0.4, 0.5) is 4.39 Å². The molecule has 3 rings (SSSR count). The fraction of sp³-hybridized carbons (Fsp3) is 0.350. The van der Waals surface area contributed by atoms with Crippen LogP contribution in [0.2, 0.25) is 0 Å². The molecule has 0 unspecified atom stereocenters. The van der Waals surface area contributed by atoms with Gasteiger partial charge in [-0.15, -0.1) is 0 Å². The van der Waals surface area contributed by atoms with Crippen molar-refractivity contribution in [3.05, 3.63) is 71.0 Å². The molecule has 2 aromatic rings. The minimum Gasteiger partial charge on any atom is -0.355 e. The third kappa shape index (κ3) is 3.00. The van der Waals surface area contributed by atoms with Crippen LogP contribution in [-0.2, 0) is 10.2 Å².